The Morgan fingerprint density at radius 3 is 2.63 bits per heavy atom. The van der Waals surface area contributed by atoms with Gasteiger partial charge in [-0.2, -0.15) is 0 Å². The summed E-state index contributed by atoms with van der Waals surface area (Å²) in [6.45, 7) is 3.00. The zero-order chi connectivity index (χ0) is 13.2. The second-order valence-electron chi connectivity index (χ2n) is 5.95. The lowest BCUT2D eigenvalue weighted by molar-refractivity contribution is 0.304. The molecule has 0 amide bonds. The molecule has 1 saturated carbocycles. The van der Waals surface area contributed by atoms with Gasteiger partial charge in [-0.05, 0) is 37.3 Å². The quantitative estimate of drug-likeness (QED) is 0.853. The first-order valence-electron chi connectivity index (χ1n) is 7.58. The van der Waals surface area contributed by atoms with Gasteiger partial charge in [-0.25, -0.2) is 0 Å². The second kappa shape index (κ2) is 5.38. The van der Waals surface area contributed by atoms with Gasteiger partial charge >= 0.3 is 0 Å². The molecule has 3 N–H and O–H groups in total. The fourth-order valence-electron chi connectivity index (χ4n) is 3.76. The zero-order valence-electron chi connectivity index (χ0n) is 11.8. The predicted molar refractivity (Wildman–Crippen MR) is 81.4 cm³/mol. The molecule has 2 heteroatoms. The number of fused-ring (bicyclic) bond motifs is 1. The Hall–Kier alpha value is -1.28. The third-order valence-electron chi connectivity index (χ3n) is 4.85. The summed E-state index contributed by atoms with van der Waals surface area (Å²) in [5.74, 6) is 1.28. The van der Waals surface area contributed by atoms with Crippen molar-refractivity contribution in [1.29, 1.82) is 0 Å². The monoisotopic (exact) mass is 256 g/mol. The number of para-hydroxylation sites is 1. The van der Waals surface area contributed by atoms with Gasteiger partial charge in [0, 0.05) is 29.1 Å². The molecule has 102 valence electrons. The summed E-state index contributed by atoms with van der Waals surface area (Å²) in [6.07, 6.45) is 6.84. The molecule has 1 heterocycles. The van der Waals surface area contributed by atoms with Crippen molar-refractivity contribution in [2.75, 3.05) is 6.54 Å². The fraction of sp³-hybridized carbons (Fsp3) is 0.529. The molecule has 3 rings (SSSR count). The number of rotatable bonds is 3. The van der Waals surface area contributed by atoms with Crippen molar-refractivity contribution < 1.29 is 0 Å². The van der Waals surface area contributed by atoms with Gasteiger partial charge < -0.3 is 10.7 Å². The molecule has 0 saturated heterocycles. The average Bonchev–Trinajstić information content (AvgIpc) is 2.79. The van der Waals surface area contributed by atoms with Gasteiger partial charge in [0.1, 0.15) is 0 Å². The molecule has 0 spiro atoms. The Balaban J connectivity index is 1.98. The van der Waals surface area contributed by atoms with Crippen molar-refractivity contribution in [2.24, 2.45) is 11.7 Å². The lowest BCUT2D eigenvalue weighted by Gasteiger charge is -2.29. The molecule has 1 aliphatic rings. The molecule has 0 radical (unpaired) electrons. The van der Waals surface area contributed by atoms with Crippen LogP contribution in [-0.4, -0.2) is 11.5 Å². The van der Waals surface area contributed by atoms with E-state index < -0.39 is 0 Å². The first-order chi connectivity index (χ1) is 9.31. The van der Waals surface area contributed by atoms with Gasteiger partial charge in [0.25, 0.3) is 0 Å². The van der Waals surface area contributed by atoms with Gasteiger partial charge in [-0.3, -0.25) is 0 Å². The largest absolute Gasteiger partial charge is 0.358 e. The summed E-state index contributed by atoms with van der Waals surface area (Å²) in [7, 11) is 0. The molecule has 1 atom stereocenters. The molecule has 19 heavy (non-hydrogen) atoms. The number of nitrogens with two attached hydrogens (primary N) is 1. The van der Waals surface area contributed by atoms with Crippen molar-refractivity contribution >= 4 is 10.9 Å². The topological polar surface area (TPSA) is 41.8 Å². The van der Waals surface area contributed by atoms with E-state index in [9.17, 15) is 0 Å². The maximum Gasteiger partial charge on any atom is 0.0458 e. The second-order valence-corrected chi connectivity index (χ2v) is 5.95. The minimum Gasteiger partial charge on any atom is -0.358 e. The molecule has 1 aromatic carbocycles. The lowest BCUT2D eigenvalue weighted by atomic mass is 9.78. The van der Waals surface area contributed by atoms with Crippen LogP contribution in [0.15, 0.2) is 24.3 Å². The van der Waals surface area contributed by atoms with Crippen molar-refractivity contribution in [3.05, 3.63) is 35.5 Å². The van der Waals surface area contributed by atoms with Crippen LogP contribution in [-0.2, 0) is 0 Å². The van der Waals surface area contributed by atoms with Crippen LogP contribution in [0.5, 0.6) is 0 Å². The van der Waals surface area contributed by atoms with Crippen LogP contribution < -0.4 is 5.73 Å². The third kappa shape index (κ3) is 2.30. The SMILES string of the molecule is Cc1c(C(CN)C2CCCCC2)[nH]c2ccccc12. The summed E-state index contributed by atoms with van der Waals surface area (Å²) >= 11 is 0. The first-order valence-corrected chi connectivity index (χ1v) is 7.58. The number of aromatic amines is 1. The Kier molecular flexibility index (Phi) is 3.61. The molecule has 0 bridgehead atoms. The number of aryl methyl sites for hydroxylation is 1. The molecule has 1 aromatic heterocycles. The molecule has 2 aromatic rings. The van der Waals surface area contributed by atoms with Gasteiger partial charge in [0.2, 0.25) is 0 Å². The average molecular weight is 256 g/mol. The van der Waals surface area contributed by atoms with Gasteiger partial charge in [0.05, 0.1) is 0 Å². The smallest absolute Gasteiger partial charge is 0.0458 e. The molecule has 2 nitrogen and oxygen atoms in total. The maximum absolute atomic E-state index is 6.11. The summed E-state index contributed by atoms with van der Waals surface area (Å²) in [5.41, 5.74) is 10.1. The molecule has 1 aliphatic carbocycles. The highest BCUT2D eigenvalue weighted by molar-refractivity contribution is 5.84. The Morgan fingerprint density at radius 2 is 1.95 bits per heavy atom. The van der Waals surface area contributed by atoms with E-state index in [4.69, 9.17) is 5.73 Å². The normalized spacial score (nSPS) is 18.8. The number of H-pyrrole nitrogens is 1. The molecule has 1 fully saturated rings. The van der Waals surface area contributed by atoms with E-state index >= 15 is 0 Å². The summed E-state index contributed by atoms with van der Waals surface area (Å²) in [6, 6.07) is 8.59. The summed E-state index contributed by atoms with van der Waals surface area (Å²) < 4.78 is 0. The molecule has 0 aliphatic heterocycles. The summed E-state index contributed by atoms with van der Waals surface area (Å²) in [4.78, 5) is 3.63. The number of nitrogens with one attached hydrogen (secondary N) is 1. The third-order valence-corrected chi connectivity index (χ3v) is 4.85. The maximum atomic E-state index is 6.11. The van der Waals surface area contributed by atoms with E-state index in [2.05, 4.69) is 36.2 Å². The first kappa shape index (κ1) is 12.7. The van der Waals surface area contributed by atoms with E-state index in [1.165, 1.54) is 54.3 Å². The standard InChI is InChI=1S/C17H24N2/c1-12-14-9-5-6-10-16(14)19-17(12)15(11-18)13-7-3-2-4-8-13/h5-6,9-10,13,15,19H,2-4,7-8,11,18H2,1H3. The number of hydrogen-bond donors (Lipinski definition) is 2. The van der Waals surface area contributed by atoms with Gasteiger partial charge in [0.15, 0.2) is 0 Å². The molecular formula is C17H24N2. The van der Waals surface area contributed by atoms with E-state index in [1.54, 1.807) is 0 Å². The van der Waals surface area contributed by atoms with Crippen LogP contribution in [0.4, 0.5) is 0 Å². The van der Waals surface area contributed by atoms with Gasteiger partial charge in [-0.15, -0.1) is 0 Å². The Labute approximate surface area is 115 Å². The van der Waals surface area contributed by atoms with Crippen LogP contribution in [0.1, 0.15) is 49.3 Å². The van der Waals surface area contributed by atoms with Gasteiger partial charge in [-0.1, -0.05) is 37.5 Å². The van der Waals surface area contributed by atoms with Crippen LogP contribution in [0.3, 0.4) is 0 Å². The van der Waals surface area contributed by atoms with Crippen LogP contribution in [0.2, 0.25) is 0 Å². The zero-order valence-corrected chi connectivity index (χ0v) is 11.8. The predicted octanol–water partition coefficient (Wildman–Crippen LogP) is 4.10. The van der Waals surface area contributed by atoms with Crippen LogP contribution in [0, 0.1) is 12.8 Å². The fourth-order valence-corrected chi connectivity index (χ4v) is 3.76. The van der Waals surface area contributed by atoms with Crippen molar-refractivity contribution in [1.82, 2.24) is 4.98 Å². The Morgan fingerprint density at radius 1 is 1.21 bits per heavy atom. The highest BCUT2D eigenvalue weighted by atomic mass is 14.7. The highest BCUT2D eigenvalue weighted by Crippen LogP contribution is 2.37. The number of aromatic nitrogens is 1. The van der Waals surface area contributed by atoms with E-state index in [1.807, 2.05) is 0 Å². The molecular weight excluding hydrogens is 232 g/mol. The van der Waals surface area contributed by atoms with E-state index in [-0.39, 0.29) is 0 Å². The highest BCUT2D eigenvalue weighted by Gasteiger charge is 2.26. The minimum atomic E-state index is 0.507. The summed E-state index contributed by atoms with van der Waals surface area (Å²) in [5, 5.41) is 1.35. The molecule has 1 unspecified atom stereocenters. The Bertz CT molecular complexity index is 549. The van der Waals surface area contributed by atoms with Crippen molar-refractivity contribution in [3.8, 4) is 0 Å². The van der Waals surface area contributed by atoms with Crippen molar-refractivity contribution in [3.63, 3.8) is 0 Å². The minimum absolute atomic E-state index is 0.507. The number of hydrogen-bond acceptors (Lipinski definition) is 1. The lowest BCUT2D eigenvalue weighted by Crippen LogP contribution is -2.24. The van der Waals surface area contributed by atoms with Crippen LogP contribution >= 0.6 is 0 Å². The van der Waals surface area contributed by atoms with E-state index in [0.717, 1.165) is 12.5 Å². The van der Waals surface area contributed by atoms with Crippen LogP contribution in [0.25, 0.3) is 10.9 Å². The van der Waals surface area contributed by atoms with Crippen molar-refractivity contribution in [2.45, 2.75) is 44.9 Å². The number of benzene rings is 1. The van der Waals surface area contributed by atoms with E-state index in [0.29, 0.717) is 5.92 Å².